The van der Waals surface area contributed by atoms with Crippen molar-refractivity contribution in [1.29, 1.82) is 0 Å². The van der Waals surface area contributed by atoms with Crippen molar-refractivity contribution in [2.24, 2.45) is 4.99 Å². The Morgan fingerprint density at radius 1 is 1.60 bits per heavy atom. The largest absolute Gasteiger partial charge is 0.497 e. The summed E-state index contributed by atoms with van der Waals surface area (Å²) in [6.45, 7) is 0.301. The van der Waals surface area contributed by atoms with Gasteiger partial charge >= 0.3 is 5.97 Å². The van der Waals surface area contributed by atoms with E-state index in [9.17, 15) is 4.79 Å². The van der Waals surface area contributed by atoms with E-state index in [0.29, 0.717) is 12.3 Å². The van der Waals surface area contributed by atoms with Gasteiger partial charge in [-0.15, -0.1) is 0 Å². The molecule has 1 aromatic carbocycles. The molecule has 1 aliphatic heterocycles. The molecule has 1 aromatic rings. The Bertz CT molecular complexity index is 426. The van der Waals surface area contributed by atoms with Gasteiger partial charge in [0.25, 0.3) is 0 Å². The average Bonchev–Trinajstić information content (AvgIpc) is 2.27. The van der Waals surface area contributed by atoms with Crippen LogP contribution in [0.1, 0.15) is 17.0 Å². The van der Waals surface area contributed by atoms with Crippen LogP contribution >= 0.6 is 0 Å². The number of hydrogen-bond acceptors (Lipinski definition) is 3. The first-order chi connectivity index (χ1) is 7.22. The second-order valence-electron chi connectivity index (χ2n) is 3.38. The van der Waals surface area contributed by atoms with Gasteiger partial charge in [0.05, 0.1) is 13.7 Å². The van der Waals surface area contributed by atoms with Crippen LogP contribution in [0.4, 0.5) is 0 Å². The lowest BCUT2D eigenvalue weighted by Crippen LogP contribution is -2.19. The number of nitrogens with zero attached hydrogens (tertiary/aromatic N) is 1. The Morgan fingerprint density at radius 3 is 3.07 bits per heavy atom. The minimum absolute atomic E-state index is 0.301. The molecule has 0 radical (unpaired) electrons. The monoisotopic (exact) mass is 205 g/mol. The number of methoxy groups -OCH3 is 1. The minimum Gasteiger partial charge on any atom is -0.497 e. The molecule has 0 saturated carbocycles. The van der Waals surface area contributed by atoms with E-state index in [2.05, 4.69) is 4.99 Å². The molecule has 0 aromatic heterocycles. The summed E-state index contributed by atoms with van der Waals surface area (Å²) in [4.78, 5) is 15.0. The summed E-state index contributed by atoms with van der Waals surface area (Å²) in [6.07, 6.45) is 1.70. The summed E-state index contributed by atoms with van der Waals surface area (Å²) in [5.74, 6) is -0.725. The molecule has 4 heteroatoms. The van der Waals surface area contributed by atoms with Crippen LogP contribution in [0.5, 0.6) is 5.75 Å². The van der Waals surface area contributed by atoms with Crippen molar-refractivity contribution < 1.29 is 14.6 Å². The maximum Gasteiger partial charge on any atom is 0.312 e. The highest BCUT2D eigenvalue weighted by Gasteiger charge is 2.24. The standard InChI is InChI=1S/C11H11NO3/c1-15-8-3-2-7-5-12-6-10(11(13)14)9(7)4-8/h2-5,10H,6H2,1H3,(H,13,14). The van der Waals surface area contributed by atoms with E-state index in [0.717, 1.165) is 11.1 Å². The number of carboxylic acid groups (broad SMARTS) is 1. The van der Waals surface area contributed by atoms with Gasteiger partial charge in [-0.25, -0.2) is 0 Å². The fourth-order valence-corrected chi connectivity index (χ4v) is 1.67. The summed E-state index contributed by atoms with van der Waals surface area (Å²) in [6, 6.07) is 5.39. The zero-order chi connectivity index (χ0) is 10.8. The molecule has 4 nitrogen and oxygen atoms in total. The molecule has 0 spiro atoms. The van der Waals surface area contributed by atoms with E-state index in [1.54, 1.807) is 25.5 Å². The smallest absolute Gasteiger partial charge is 0.312 e. The van der Waals surface area contributed by atoms with E-state index in [4.69, 9.17) is 9.84 Å². The maximum atomic E-state index is 11.0. The first-order valence-electron chi connectivity index (χ1n) is 4.63. The van der Waals surface area contributed by atoms with E-state index in [1.165, 1.54) is 0 Å². The van der Waals surface area contributed by atoms with Crippen LogP contribution in [0, 0.1) is 0 Å². The molecule has 0 aliphatic carbocycles. The van der Waals surface area contributed by atoms with Crippen molar-refractivity contribution in [1.82, 2.24) is 0 Å². The van der Waals surface area contributed by atoms with Crippen LogP contribution in [0.3, 0.4) is 0 Å². The topological polar surface area (TPSA) is 58.9 Å². The molecule has 0 bridgehead atoms. The van der Waals surface area contributed by atoms with E-state index >= 15 is 0 Å². The van der Waals surface area contributed by atoms with Crippen LogP contribution in [0.25, 0.3) is 0 Å². The Morgan fingerprint density at radius 2 is 2.40 bits per heavy atom. The summed E-state index contributed by atoms with van der Waals surface area (Å²) < 4.78 is 5.07. The molecule has 0 saturated heterocycles. The van der Waals surface area contributed by atoms with Crippen LogP contribution in [0.2, 0.25) is 0 Å². The lowest BCUT2D eigenvalue weighted by atomic mass is 9.92. The van der Waals surface area contributed by atoms with Crippen molar-refractivity contribution in [3.05, 3.63) is 29.3 Å². The molecular formula is C11H11NO3. The third-order valence-electron chi connectivity index (χ3n) is 2.49. The summed E-state index contributed by atoms with van der Waals surface area (Å²) in [5.41, 5.74) is 1.63. The quantitative estimate of drug-likeness (QED) is 0.791. The van der Waals surface area contributed by atoms with Gasteiger partial charge in [-0.05, 0) is 29.3 Å². The molecule has 1 unspecified atom stereocenters. The van der Waals surface area contributed by atoms with E-state index in [-0.39, 0.29) is 0 Å². The summed E-state index contributed by atoms with van der Waals surface area (Å²) in [7, 11) is 1.56. The number of ether oxygens (including phenoxy) is 1. The highest BCUT2D eigenvalue weighted by atomic mass is 16.5. The Labute approximate surface area is 87.2 Å². The predicted octanol–water partition coefficient (Wildman–Crippen LogP) is 1.30. The van der Waals surface area contributed by atoms with Gasteiger partial charge in [-0.1, -0.05) is 0 Å². The molecule has 1 atom stereocenters. The molecule has 1 aliphatic rings. The number of fused-ring (bicyclic) bond motifs is 1. The number of hydrogen-bond donors (Lipinski definition) is 1. The second kappa shape index (κ2) is 3.73. The van der Waals surface area contributed by atoms with Crippen LogP contribution in [-0.4, -0.2) is 30.9 Å². The van der Waals surface area contributed by atoms with Gasteiger partial charge in [-0.3, -0.25) is 9.79 Å². The molecule has 0 amide bonds. The van der Waals surface area contributed by atoms with Gasteiger partial charge in [0.1, 0.15) is 11.7 Å². The molecule has 0 fully saturated rings. The Kier molecular flexibility index (Phi) is 2.41. The predicted molar refractivity (Wildman–Crippen MR) is 55.8 cm³/mol. The Hall–Kier alpha value is -1.84. The SMILES string of the molecule is COc1ccc2c(c1)C(C(=O)O)CN=C2. The fraction of sp³-hybridized carbons (Fsp3) is 0.273. The number of carboxylic acids is 1. The van der Waals surface area contributed by atoms with Crippen LogP contribution < -0.4 is 4.74 Å². The first kappa shape index (κ1) is 9.71. The number of aliphatic carboxylic acids is 1. The molecule has 78 valence electrons. The lowest BCUT2D eigenvalue weighted by molar-refractivity contribution is -0.138. The number of aliphatic imine (C=N–C) groups is 1. The summed E-state index contributed by atoms with van der Waals surface area (Å²) in [5, 5.41) is 9.03. The van der Waals surface area contributed by atoms with Gasteiger partial charge in [-0.2, -0.15) is 0 Å². The number of carbonyl (C=O) groups is 1. The molecule has 2 rings (SSSR count). The van der Waals surface area contributed by atoms with E-state index < -0.39 is 11.9 Å². The lowest BCUT2D eigenvalue weighted by Gasteiger charge is -2.17. The van der Waals surface area contributed by atoms with Crippen molar-refractivity contribution in [3.8, 4) is 5.75 Å². The molecule has 15 heavy (non-hydrogen) atoms. The highest BCUT2D eigenvalue weighted by Crippen LogP contribution is 2.27. The van der Waals surface area contributed by atoms with E-state index in [1.807, 2.05) is 6.07 Å². The number of rotatable bonds is 2. The van der Waals surface area contributed by atoms with Crippen molar-refractivity contribution in [2.75, 3.05) is 13.7 Å². The molecule has 1 heterocycles. The molecular weight excluding hydrogens is 194 g/mol. The summed E-state index contributed by atoms with van der Waals surface area (Å²) >= 11 is 0. The number of benzene rings is 1. The first-order valence-corrected chi connectivity index (χ1v) is 4.63. The van der Waals surface area contributed by atoms with Crippen LogP contribution in [0.15, 0.2) is 23.2 Å². The normalized spacial score (nSPS) is 18.3. The van der Waals surface area contributed by atoms with Crippen LogP contribution in [-0.2, 0) is 4.79 Å². The van der Waals surface area contributed by atoms with Crippen molar-refractivity contribution in [3.63, 3.8) is 0 Å². The van der Waals surface area contributed by atoms with Gasteiger partial charge in [0.15, 0.2) is 0 Å². The zero-order valence-corrected chi connectivity index (χ0v) is 8.30. The third-order valence-corrected chi connectivity index (χ3v) is 2.49. The average molecular weight is 205 g/mol. The van der Waals surface area contributed by atoms with Crippen molar-refractivity contribution in [2.45, 2.75) is 5.92 Å². The van der Waals surface area contributed by atoms with Gasteiger partial charge < -0.3 is 9.84 Å². The Balaban J connectivity index is 2.49. The highest BCUT2D eigenvalue weighted by molar-refractivity contribution is 5.89. The van der Waals surface area contributed by atoms with Gasteiger partial charge in [0.2, 0.25) is 0 Å². The molecule has 1 N–H and O–H groups in total. The second-order valence-corrected chi connectivity index (χ2v) is 3.38. The van der Waals surface area contributed by atoms with Crippen molar-refractivity contribution >= 4 is 12.2 Å². The maximum absolute atomic E-state index is 11.0. The third kappa shape index (κ3) is 1.70. The minimum atomic E-state index is -0.846. The fourth-order valence-electron chi connectivity index (χ4n) is 1.67. The zero-order valence-electron chi connectivity index (χ0n) is 8.30. The van der Waals surface area contributed by atoms with Gasteiger partial charge in [0, 0.05) is 6.21 Å².